The van der Waals surface area contributed by atoms with E-state index < -0.39 is 6.09 Å². The first kappa shape index (κ1) is 22.3. The Morgan fingerprint density at radius 3 is 2.88 bits per heavy atom. The summed E-state index contributed by atoms with van der Waals surface area (Å²) in [6.45, 7) is 6.01. The van der Waals surface area contributed by atoms with E-state index >= 15 is 0 Å². The SMILES string of the molecule is Cc1ccsc1OC(=O)Nc1cc(CN2CCOCC2)ccc1/C=C/c1n[nH]c2ccccc12. The molecule has 8 heteroatoms. The van der Waals surface area contributed by atoms with Gasteiger partial charge in [-0.1, -0.05) is 36.4 Å². The number of hydrogen-bond acceptors (Lipinski definition) is 6. The van der Waals surface area contributed by atoms with E-state index in [9.17, 15) is 4.79 Å². The van der Waals surface area contributed by atoms with Crippen molar-refractivity contribution in [2.45, 2.75) is 13.5 Å². The van der Waals surface area contributed by atoms with E-state index in [0.717, 1.165) is 66.1 Å². The summed E-state index contributed by atoms with van der Waals surface area (Å²) in [5.74, 6) is 0. The topological polar surface area (TPSA) is 79.5 Å². The fraction of sp³-hybridized carbons (Fsp3) is 0.231. The minimum atomic E-state index is -0.506. The molecule has 5 rings (SSSR count). The van der Waals surface area contributed by atoms with Crippen LogP contribution in [0, 0.1) is 6.92 Å². The Labute approximate surface area is 202 Å². The number of aromatic nitrogens is 2. The number of fused-ring (bicyclic) bond motifs is 1. The van der Waals surface area contributed by atoms with Crippen LogP contribution in [-0.2, 0) is 11.3 Å². The highest BCUT2D eigenvalue weighted by molar-refractivity contribution is 7.12. The van der Waals surface area contributed by atoms with Gasteiger partial charge in [0.05, 0.1) is 30.1 Å². The summed E-state index contributed by atoms with van der Waals surface area (Å²) in [5.41, 5.74) is 5.45. The van der Waals surface area contributed by atoms with Crippen molar-refractivity contribution >= 4 is 46.2 Å². The number of ether oxygens (including phenoxy) is 2. The number of nitrogens with zero attached hydrogens (tertiary/aromatic N) is 2. The Hall–Kier alpha value is -3.46. The van der Waals surface area contributed by atoms with Gasteiger partial charge in [0, 0.05) is 30.6 Å². The van der Waals surface area contributed by atoms with E-state index in [2.05, 4.69) is 26.5 Å². The first-order chi connectivity index (χ1) is 16.7. The number of morpholine rings is 1. The molecule has 2 aromatic heterocycles. The van der Waals surface area contributed by atoms with Crippen LogP contribution in [0.1, 0.15) is 22.4 Å². The van der Waals surface area contributed by atoms with E-state index in [-0.39, 0.29) is 0 Å². The fourth-order valence-electron chi connectivity index (χ4n) is 3.94. The van der Waals surface area contributed by atoms with Gasteiger partial charge in [-0.2, -0.15) is 5.10 Å². The molecule has 34 heavy (non-hydrogen) atoms. The van der Waals surface area contributed by atoms with Crippen LogP contribution in [0.15, 0.2) is 53.9 Å². The predicted octanol–water partition coefficient (Wildman–Crippen LogP) is 5.55. The highest BCUT2D eigenvalue weighted by Crippen LogP contribution is 2.27. The second-order valence-electron chi connectivity index (χ2n) is 8.20. The molecule has 1 amide bonds. The van der Waals surface area contributed by atoms with E-state index in [1.165, 1.54) is 11.3 Å². The summed E-state index contributed by atoms with van der Waals surface area (Å²) in [4.78, 5) is 15.0. The summed E-state index contributed by atoms with van der Waals surface area (Å²) in [6.07, 6.45) is 3.41. The number of H-pyrrole nitrogens is 1. The highest BCUT2D eigenvalue weighted by Gasteiger charge is 2.14. The second-order valence-corrected chi connectivity index (χ2v) is 9.08. The number of rotatable bonds is 6. The van der Waals surface area contributed by atoms with Crippen LogP contribution in [0.3, 0.4) is 0 Å². The van der Waals surface area contributed by atoms with Crippen LogP contribution in [0.2, 0.25) is 0 Å². The van der Waals surface area contributed by atoms with E-state index in [4.69, 9.17) is 9.47 Å². The van der Waals surface area contributed by atoms with Gasteiger partial charge in [0.15, 0.2) is 5.06 Å². The number of amides is 1. The first-order valence-electron chi connectivity index (χ1n) is 11.2. The fourth-order valence-corrected chi connectivity index (χ4v) is 4.71. The van der Waals surface area contributed by atoms with Crippen LogP contribution < -0.4 is 10.1 Å². The molecule has 174 valence electrons. The zero-order chi connectivity index (χ0) is 23.3. The minimum absolute atomic E-state index is 0.506. The van der Waals surface area contributed by atoms with E-state index in [1.54, 1.807) is 0 Å². The second kappa shape index (κ2) is 10.2. The van der Waals surface area contributed by atoms with Gasteiger partial charge in [0.1, 0.15) is 0 Å². The molecule has 0 aliphatic carbocycles. The van der Waals surface area contributed by atoms with Crippen molar-refractivity contribution < 1.29 is 14.3 Å². The molecule has 1 saturated heterocycles. The lowest BCUT2D eigenvalue weighted by Gasteiger charge is -2.26. The van der Waals surface area contributed by atoms with Gasteiger partial charge in [-0.05, 0) is 47.7 Å². The lowest BCUT2D eigenvalue weighted by molar-refractivity contribution is 0.0342. The molecule has 7 nitrogen and oxygen atoms in total. The number of carbonyl (C=O) groups is 1. The van der Waals surface area contributed by atoms with Crippen molar-refractivity contribution in [1.82, 2.24) is 15.1 Å². The molecule has 0 radical (unpaired) electrons. The lowest BCUT2D eigenvalue weighted by atomic mass is 10.1. The Bertz CT molecular complexity index is 1320. The molecule has 0 saturated carbocycles. The molecular formula is C26H26N4O3S. The number of aromatic amines is 1. The van der Waals surface area contributed by atoms with Gasteiger partial charge in [-0.3, -0.25) is 15.3 Å². The molecule has 1 aliphatic rings. The Morgan fingerprint density at radius 1 is 1.21 bits per heavy atom. The maximum atomic E-state index is 12.7. The number of carbonyl (C=O) groups excluding carboxylic acids is 1. The molecule has 0 unspecified atom stereocenters. The van der Waals surface area contributed by atoms with Crippen LogP contribution in [0.4, 0.5) is 10.5 Å². The quantitative estimate of drug-likeness (QED) is 0.383. The number of para-hydroxylation sites is 1. The van der Waals surface area contributed by atoms with Crippen molar-refractivity contribution in [3.05, 3.63) is 76.3 Å². The van der Waals surface area contributed by atoms with Gasteiger partial charge in [-0.15, -0.1) is 11.3 Å². The summed E-state index contributed by atoms with van der Waals surface area (Å²) in [5, 5.41) is 14.0. The number of nitrogens with one attached hydrogen (secondary N) is 2. The molecule has 0 atom stereocenters. The average molecular weight is 475 g/mol. The van der Waals surface area contributed by atoms with E-state index in [0.29, 0.717) is 10.8 Å². The molecule has 1 aliphatic heterocycles. The molecule has 1 fully saturated rings. The van der Waals surface area contributed by atoms with Crippen molar-refractivity contribution in [3.8, 4) is 5.06 Å². The molecule has 4 aromatic rings. The summed E-state index contributed by atoms with van der Waals surface area (Å²) in [6, 6.07) is 16.1. The number of anilines is 1. The standard InChI is InChI=1S/C26H26N4O3S/c1-18-10-15-34-25(18)33-26(31)27-24-16-19(17-30-11-13-32-14-12-30)6-7-20(24)8-9-23-21-4-2-3-5-22(21)28-29-23/h2-10,15-16H,11-14,17H2,1H3,(H,27,31)(H,28,29)/b9-8+. The van der Waals surface area contributed by atoms with Crippen molar-refractivity contribution in [1.29, 1.82) is 0 Å². The summed E-state index contributed by atoms with van der Waals surface area (Å²) in [7, 11) is 0. The zero-order valence-corrected chi connectivity index (χ0v) is 19.7. The molecule has 0 bridgehead atoms. The maximum Gasteiger partial charge on any atom is 0.417 e. The lowest BCUT2D eigenvalue weighted by Crippen LogP contribution is -2.35. The summed E-state index contributed by atoms with van der Waals surface area (Å²) >= 11 is 1.40. The molecular weight excluding hydrogens is 448 g/mol. The normalized spacial score (nSPS) is 14.6. The third-order valence-corrected chi connectivity index (χ3v) is 6.68. The van der Waals surface area contributed by atoms with Crippen LogP contribution in [0.5, 0.6) is 5.06 Å². The Kier molecular flexibility index (Phi) is 6.71. The van der Waals surface area contributed by atoms with Gasteiger partial charge < -0.3 is 9.47 Å². The molecule has 2 aromatic carbocycles. The number of benzene rings is 2. The van der Waals surface area contributed by atoms with Crippen molar-refractivity contribution in [2.24, 2.45) is 0 Å². The van der Waals surface area contributed by atoms with E-state index in [1.807, 2.05) is 66.9 Å². The zero-order valence-electron chi connectivity index (χ0n) is 18.9. The number of hydrogen-bond donors (Lipinski definition) is 2. The number of thiophene rings is 1. The maximum absolute atomic E-state index is 12.7. The average Bonchev–Trinajstić information content (AvgIpc) is 3.45. The molecule has 3 heterocycles. The summed E-state index contributed by atoms with van der Waals surface area (Å²) < 4.78 is 11.0. The smallest absolute Gasteiger partial charge is 0.399 e. The monoisotopic (exact) mass is 474 g/mol. The third-order valence-electron chi connectivity index (χ3n) is 5.79. The Balaban J connectivity index is 1.40. The van der Waals surface area contributed by atoms with Crippen molar-refractivity contribution in [3.63, 3.8) is 0 Å². The predicted molar refractivity (Wildman–Crippen MR) is 136 cm³/mol. The van der Waals surface area contributed by atoms with Crippen LogP contribution in [0.25, 0.3) is 23.1 Å². The van der Waals surface area contributed by atoms with Gasteiger partial charge >= 0.3 is 6.09 Å². The highest BCUT2D eigenvalue weighted by atomic mass is 32.1. The first-order valence-corrected chi connectivity index (χ1v) is 12.1. The van der Waals surface area contributed by atoms with Crippen molar-refractivity contribution in [2.75, 3.05) is 31.6 Å². The largest absolute Gasteiger partial charge is 0.417 e. The molecule has 2 N–H and O–H groups in total. The van der Waals surface area contributed by atoms with Crippen LogP contribution in [-0.4, -0.2) is 47.5 Å². The number of aryl methyl sites for hydroxylation is 1. The third kappa shape index (κ3) is 5.20. The Morgan fingerprint density at radius 2 is 2.06 bits per heavy atom. The van der Waals surface area contributed by atoms with Gasteiger partial charge in [-0.25, -0.2) is 4.79 Å². The van der Waals surface area contributed by atoms with Crippen LogP contribution >= 0.6 is 11.3 Å². The van der Waals surface area contributed by atoms with Gasteiger partial charge in [0.25, 0.3) is 0 Å². The van der Waals surface area contributed by atoms with Gasteiger partial charge in [0.2, 0.25) is 0 Å². The molecule has 0 spiro atoms. The minimum Gasteiger partial charge on any atom is -0.399 e.